The second kappa shape index (κ2) is 12.9. The molecule has 1 amide bonds. The van der Waals surface area contributed by atoms with E-state index in [2.05, 4.69) is 15.6 Å². The van der Waals surface area contributed by atoms with Gasteiger partial charge in [-0.15, -0.1) is 24.0 Å². The topological polar surface area (TPSA) is 66.0 Å². The van der Waals surface area contributed by atoms with E-state index in [4.69, 9.17) is 4.74 Å². The molecule has 0 saturated heterocycles. The highest BCUT2D eigenvalue weighted by atomic mass is 127. The van der Waals surface area contributed by atoms with Crippen molar-refractivity contribution in [3.05, 3.63) is 0 Å². The predicted octanol–water partition coefficient (Wildman–Crippen LogP) is 1.45. The summed E-state index contributed by atoms with van der Waals surface area (Å²) in [6.07, 6.45) is 4.06. The van der Waals surface area contributed by atoms with Gasteiger partial charge >= 0.3 is 0 Å². The van der Waals surface area contributed by atoms with Crippen LogP contribution in [0.3, 0.4) is 0 Å². The van der Waals surface area contributed by atoms with Crippen LogP contribution in [0.5, 0.6) is 0 Å². The van der Waals surface area contributed by atoms with Crippen molar-refractivity contribution in [1.29, 1.82) is 0 Å². The van der Waals surface area contributed by atoms with Gasteiger partial charge < -0.3 is 20.3 Å². The molecule has 0 bridgehead atoms. The maximum Gasteiger partial charge on any atom is 0.221 e. The first-order valence-corrected chi connectivity index (χ1v) is 7.93. The fraction of sp³-hybridized carbons (Fsp3) is 0.867. The minimum Gasteiger partial charge on any atom is -0.379 e. The second-order valence-electron chi connectivity index (χ2n) is 5.51. The van der Waals surface area contributed by atoms with Crippen LogP contribution in [-0.4, -0.2) is 63.7 Å². The lowest BCUT2D eigenvalue weighted by atomic mass is 10.4. The zero-order chi connectivity index (χ0) is 15.5. The maximum atomic E-state index is 11.5. The third-order valence-corrected chi connectivity index (χ3v) is 3.40. The van der Waals surface area contributed by atoms with Gasteiger partial charge in [0, 0.05) is 46.8 Å². The number of amides is 1. The van der Waals surface area contributed by atoms with Crippen molar-refractivity contribution in [2.75, 3.05) is 46.9 Å². The predicted molar refractivity (Wildman–Crippen MR) is 101 cm³/mol. The van der Waals surface area contributed by atoms with Crippen LogP contribution in [0.2, 0.25) is 0 Å². The summed E-state index contributed by atoms with van der Waals surface area (Å²) in [6, 6.07) is 0. The Balaban J connectivity index is 0.00000441. The Kier molecular flexibility index (Phi) is 12.6. The quantitative estimate of drug-likeness (QED) is 0.240. The Morgan fingerprint density at radius 2 is 2.05 bits per heavy atom. The highest BCUT2D eigenvalue weighted by molar-refractivity contribution is 14.0. The molecule has 1 saturated carbocycles. The molecule has 0 unspecified atom stereocenters. The third-order valence-electron chi connectivity index (χ3n) is 3.40. The van der Waals surface area contributed by atoms with Gasteiger partial charge in [0.25, 0.3) is 0 Å². The minimum atomic E-state index is 0. The summed E-state index contributed by atoms with van der Waals surface area (Å²) in [5, 5.41) is 6.06. The van der Waals surface area contributed by atoms with Crippen LogP contribution < -0.4 is 10.6 Å². The number of guanidine groups is 1. The van der Waals surface area contributed by atoms with Gasteiger partial charge in [-0.1, -0.05) is 6.92 Å². The summed E-state index contributed by atoms with van der Waals surface area (Å²) in [4.78, 5) is 17.7. The highest BCUT2D eigenvalue weighted by Gasteiger charge is 2.21. The lowest BCUT2D eigenvalue weighted by Crippen LogP contribution is -2.42. The molecule has 0 aromatic heterocycles. The van der Waals surface area contributed by atoms with Crippen molar-refractivity contribution in [2.45, 2.75) is 32.6 Å². The van der Waals surface area contributed by atoms with Crippen molar-refractivity contribution in [3.8, 4) is 0 Å². The Bertz CT molecular complexity index is 336. The molecule has 1 aliphatic rings. The number of hydrogen-bond acceptors (Lipinski definition) is 3. The van der Waals surface area contributed by atoms with Crippen LogP contribution in [0, 0.1) is 5.92 Å². The summed E-state index contributed by atoms with van der Waals surface area (Å²) in [6.45, 7) is 5.78. The fourth-order valence-electron chi connectivity index (χ4n) is 1.87. The lowest BCUT2D eigenvalue weighted by Gasteiger charge is -2.22. The van der Waals surface area contributed by atoms with Gasteiger partial charge in [0.15, 0.2) is 5.96 Å². The van der Waals surface area contributed by atoms with Gasteiger partial charge in [-0.3, -0.25) is 9.79 Å². The number of nitrogens with zero attached hydrogens (tertiary/aromatic N) is 2. The van der Waals surface area contributed by atoms with Crippen molar-refractivity contribution in [2.24, 2.45) is 10.9 Å². The Morgan fingerprint density at radius 3 is 2.64 bits per heavy atom. The normalized spacial score (nSPS) is 14.2. The maximum absolute atomic E-state index is 11.5. The fourth-order valence-corrected chi connectivity index (χ4v) is 1.87. The number of likely N-dealkylation sites (N-methyl/N-ethyl adjacent to an activating group) is 1. The third kappa shape index (κ3) is 10.2. The first-order chi connectivity index (χ1) is 10.2. The van der Waals surface area contributed by atoms with Gasteiger partial charge in [0.05, 0.1) is 6.61 Å². The number of aliphatic imine (C=N–C) groups is 1. The van der Waals surface area contributed by atoms with Gasteiger partial charge in [0.2, 0.25) is 5.91 Å². The summed E-state index contributed by atoms with van der Waals surface area (Å²) in [7, 11) is 3.73. The van der Waals surface area contributed by atoms with E-state index in [1.807, 2.05) is 18.9 Å². The number of carbonyl (C=O) groups excluding carboxylic acids is 1. The van der Waals surface area contributed by atoms with E-state index in [9.17, 15) is 4.79 Å². The van der Waals surface area contributed by atoms with Gasteiger partial charge in [-0.05, 0) is 25.2 Å². The molecule has 0 aromatic carbocycles. The second-order valence-corrected chi connectivity index (χ2v) is 5.51. The summed E-state index contributed by atoms with van der Waals surface area (Å²) >= 11 is 0. The summed E-state index contributed by atoms with van der Waals surface area (Å²) in [5.74, 6) is 1.68. The van der Waals surface area contributed by atoms with Crippen LogP contribution >= 0.6 is 24.0 Å². The molecule has 0 radical (unpaired) electrons. The van der Waals surface area contributed by atoms with Crippen LogP contribution in [0.4, 0.5) is 0 Å². The lowest BCUT2D eigenvalue weighted by molar-refractivity contribution is -0.120. The van der Waals surface area contributed by atoms with Crippen LogP contribution in [0.1, 0.15) is 32.6 Å². The number of hydrogen-bond donors (Lipinski definition) is 2. The van der Waals surface area contributed by atoms with Crippen molar-refractivity contribution in [1.82, 2.24) is 15.5 Å². The number of ether oxygens (including phenoxy) is 1. The Morgan fingerprint density at radius 1 is 1.32 bits per heavy atom. The van der Waals surface area contributed by atoms with E-state index >= 15 is 0 Å². The zero-order valence-corrected chi connectivity index (χ0v) is 16.4. The molecule has 0 aromatic rings. The van der Waals surface area contributed by atoms with E-state index in [-0.39, 0.29) is 29.9 Å². The monoisotopic (exact) mass is 426 g/mol. The molecular weight excluding hydrogens is 395 g/mol. The number of halogens is 1. The first kappa shape index (κ1) is 21.4. The van der Waals surface area contributed by atoms with Crippen molar-refractivity contribution in [3.63, 3.8) is 0 Å². The number of rotatable bonds is 10. The largest absolute Gasteiger partial charge is 0.379 e. The SMILES string of the molecule is CCCNC(=O)CCNC(=NC)N(C)CCOCC1CC1.I. The number of nitrogens with one attached hydrogen (secondary N) is 2. The van der Waals surface area contributed by atoms with Crippen LogP contribution in [-0.2, 0) is 9.53 Å². The van der Waals surface area contributed by atoms with Crippen molar-refractivity contribution >= 4 is 35.8 Å². The molecule has 0 spiro atoms. The van der Waals surface area contributed by atoms with E-state index in [1.54, 1.807) is 7.05 Å². The molecule has 1 rings (SSSR count). The Labute approximate surface area is 151 Å². The first-order valence-electron chi connectivity index (χ1n) is 7.93. The molecule has 0 aliphatic heterocycles. The minimum absolute atomic E-state index is 0. The molecule has 7 heteroatoms. The van der Waals surface area contributed by atoms with E-state index < -0.39 is 0 Å². The Hall–Kier alpha value is -0.570. The summed E-state index contributed by atoms with van der Waals surface area (Å²) in [5.41, 5.74) is 0. The molecule has 130 valence electrons. The molecule has 6 nitrogen and oxygen atoms in total. The van der Waals surface area contributed by atoms with E-state index in [0.717, 1.165) is 38.0 Å². The van der Waals surface area contributed by atoms with Crippen LogP contribution in [0.25, 0.3) is 0 Å². The van der Waals surface area contributed by atoms with Crippen LogP contribution in [0.15, 0.2) is 4.99 Å². The van der Waals surface area contributed by atoms with Gasteiger partial charge in [-0.25, -0.2) is 0 Å². The standard InChI is InChI=1S/C15H30N4O2.HI/c1-4-8-17-14(20)7-9-18-15(16-2)19(3)10-11-21-12-13-5-6-13;/h13H,4-12H2,1-3H3,(H,16,18)(H,17,20);1H. The molecule has 0 heterocycles. The molecule has 0 atom stereocenters. The van der Waals surface area contributed by atoms with Crippen molar-refractivity contribution < 1.29 is 9.53 Å². The highest BCUT2D eigenvalue weighted by Crippen LogP contribution is 2.28. The molecular formula is C15H31IN4O2. The smallest absolute Gasteiger partial charge is 0.221 e. The van der Waals surface area contributed by atoms with Gasteiger partial charge in [-0.2, -0.15) is 0 Å². The van der Waals surface area contributed by atoms with Gasteiger partial charge in [0.1, 0.15) is 0 Å². The number of carbonyl (C=O) groups is 1. The molecule has 22 heavy (non-hydrogen) atoms. The van der Waals surface area contributed by atoms with E-state index in [0.29, 0.717) is 19.6 Å². The molecule has 2 N–H and O–H groups in total. The molecule has 1 fully saturated rings. The van der Waals surface area contributed by atoms with E-state index in [1.165, 1.54) is 12.8 Å². The zero-order valence-electron chi connectivity index (χ0n) is 14.1. The molecule has 1 aliphatic carbocycles. The summed E-state index contributed by atoms with van der Waals surface area (Å²) < 4.78 is 5.62. The average molecular weight is 426 g/mol. The average Bonchev–Trinajstić information content (AvgIpc) is 3.30.